The Balaban J connectivity index is 1.93. The first-order valence-corrected chi connectivity index (χ1v) is 6.82. The number of fused-ring (bicyclic) bond motifs is 1. The molecule has 0 saturated carbocycles. The molecule has 108 valence electrons. The molecule has 0 fully saturated rings. The van der Waals surface area contributed by atoms with E-state index in [4.69, 9.17) is 5.73 Å². The lowest BCUT2D eigenvalue weighted by molar-refractivity contribution is -0.116. The Labute approximate surface area is 118 Å². The van der Waals surface area contributed by atoms with Crippen molar-refractivity contribution < 1.29 is 4.79 Å². The second kappa shape index (κ2) is 5.63. The average molecular weight is 274 g/mol. The minimum Gasteiger partial charge on any atom is -0.327 e. The van der Waals surface area contributed by atoms with Crippen LogP contribution in [0.1, 0.15) is 33.6 Å². The number of nitrogens with one attached hydrogen (secondary N) is 2. The third kappa shape index (κ3) is 4.06. The van der Waals surface area contributed by atoms with E-state index < -0.39 is 0 Å². The first-order chi connectivity index (χ1) is 9.33. The van der Waals surface area contributed by atoms with Gasteiger partial charge in [0.1, 0.15) is 0 Å². The number of aromatic nitrogens is 2. The van der Waals surface area contributed by atoms with Crippen molar-refractivity contribution in [3.63, 3.8) is 0 Å². The number of amides is 1. The molecule has 0 aliphatic carbocycles. The summed E-state index contributed by atoms with van der Waals surface area (Å²) in [7, 11) is 0. The van der Waals surface area contributed by atoms with E-state index in [0.29, 0.717) is 6.42 Å². The fourth-order valence-electron chi connectivity index (χ4n) is 2.32. The Kier molecular flexibility index (Phi) is 4.09. The van der Waals surface area contributed by atoms with Crippen LogP contribution in [-0.2, 0) is 4.79 Å². The number of H-pyrrole nitrogens is 1. The monoisotopic (exact) mass is 274 g/mol. The van der Waals surface area contributed by atoms with Crippen LogP contribution >= 0.6 is 0 Å². The summed E-state index contributed by atoms with van der Waals surface area (Å²) < 4.78 is 0. The Morgan fingerprint density at radius 1 is 1.45 bits per heavy atom. The number of rotatable bonds is 4. The molecule has 5 nitrogen and oxygen atoms in total. The van der Waals surface area contributed by atoms with Crippen molar-refractivity contribution in [1.29, 1.82) is 0 Å². The predicted molar refractivity (Wildman–Crippen MR) is 81.4 cm³/mol. The molecular formula is C15H22N4O. The zero-order valence-electron chi connectivity index (χ0n) is 12.2. The Hall–Kier alpha value is -1.88. The maximum absolute atomic E-state index is 12.0. The SMILES string of the molecule is CC(C)(C)CC(N)CC(=O)Nc1ccc2cn[nH]c2c1. The van der Waals surface area contributed by atoms with Gasteiger partial charge in [-0.2, -0.15) is 5.10 Å². The zero-order chi connectivity index (χ0) is 14.8. The van der Waals surface area contributed by atoms with Gasteiger partial charge < -0.3 is 11.1 Å². The summed E-state index contributed by atoms with van der Waals surface area (Å²) in [5.74, 6) is -0.0550. The largest absolute Gasteiger partial charge is 0.327 e. The number of aromatic amines is 1. The summed E-state index contributed by atoms with van der Waals surface area (Å²) >= 11 is 0. The van der Waals surface area contributed by atoms with Crippen molar-refractivity contribution in [3.05, 3.63) is 24.4 Å². The van der Waals surface area contributed by atoms with Crippen molar-refractivity contribution in [2.75, 3.05) is 5.32 Å². The van der Waals surface area contributed by atoms with Crippen LogP contribution in [0.15, 0.2) is 24.4 Å². The third-order valence-corrected chi connectivity index (χ3v) is 3.05. The third-order valence-electron chi connectivity index (χ3n) is 3.05. The molecular weight excluding hydrogens is 252 g/mol. The minimum atomic E-state index is -0.120. The number of nitrogens with zero attached hydrogens (tertiary/aromatic N) is 1. The summed E-state index contributed by atoms with van der Waals surface area (Å²) in [6.07, 6.45) is 2.90. The van der Waals surface area contributed by atoms with Crippen molar-refractivity contribution in [1.82, 2.24) is 10.2 Å². The van der Waals surface area contributed by atoms with E-state index in [-0.39, 0.29) is 17.4 Å². The van der Waals surface area contributed by atoms with E-state index >= 15 is 0 Å². The maximum Gasteiger partial charge on any atom is 0.225 e. The average Bonchev–Trinajstić information content (AvgIpc) is 2.72. The number of carbonyl (C=O) groups is 1. The van der Waals surface area contributed by atoms with Gasteiger partial charge in [0.15, 0.2) is 0 Å². The lowest BCUT2D eigenvalue weighted by Gasteiger charge is -2.22. The minimum absolute atomic E-state index is 0.0550. The number of nitrogens with two attached hydrogens (primary N) is 1. The highest BCUT2D eigenvalue weighted by Gasteiger charge is 2.18. The van der Waals surface area contributed by atoms with Crippen molar-refractivity contribution in [3.8, 4) is 0 Å². The molecule has 2 rings (SSSR count). The van der Waals surface area contributed by atoms with Crippen LogP contribution in [0, 0.1) is 5.41 Å². The first-order valence-electron chi connectivity index (χ1n) is 6.82. The van der Waals surface area contributed by atoms with E-state index in [2.05, 4.69) is 36.3 Å². The zero-order valence-corrected chi connectivity index (χ0v) is 12.2. The molecule has 0 aliphatic heterocycles. The second-order valence-electron chi connectivity index (χ2n) is 6.45. The molecule has 1 aromatic heterocycles. The molecule has 1 aromatic carbocycles. The van der Waals surface area contributed by atoms with E-state index in [1.165, 1.54) is 0 Å². The molecule has 0 aliphatic rings. The molecule has 0 bridgehead atoms. The van der Waals surface area contributed by atoms with Gasteiger partial charge in [-0.1, -0.05) is 20.8 Å². The summed E-state index contributed by atoms with van der Waals surface area (Å²) in [6.45, 7) is 6.37. The van der Waals surface area contributed by atoms with Crippen LogP contribution in [0.4, 0.5) is 5.69 Å². The second-order valence-corrected chi connectivity index (χ2v) is 6.45. The van der Waals surface area contributed by atoms with Gasteiger partial charge >= 0.3 is 0 Å². The molecule has 4 N–H and O–H groups in total. The van der Waals surface area contributed by atoms with Gasteiger partial charge in [0, 0.05) is 23.5 Å². The van der Waals surface area contributed by atoms with Gasteiger partial charge in [-0.3, -0.25) is 9.89 Å². The van der Waals surface area contributed by atoms with E-state index in [1.807, 2.05) is 18.2 Å². The molecule has 0 saturated heterocycles. The van der Waals surface area contributed by atoms with Crippen LogP contribution in [0.2, 0.25) is 0 Å². The number of hydrogen-bond acceptors (Lipinski definition) is 3. The number of benzene rings is 1. The number of carbonyl (C=O) groups excluding carboxylic acids is 1. The molecule has 20 heavy (non-hydrogen) atoms. The van der Waals surface area contributed by atoms with Crippen LogP contribution in [-0.4, -0.2) is 22.1 Å². The Morgan fingerprint density at radius 2 is 2.20 bits per heavy atom. The molecule has 1 unspecified atom stereocenters. The van der Waals surface area contributed by atoms with Crippen LogP contribution in [0.3, 0.4) is 0 Å². The van der Waals surface area contributed by atoms with Gasteiger partial charge in [-0.05, 0) is 30.0 Å². The van der Waals surface area contributed by atoms with Gasteiger partial charge in [0.25, 0.3) is 0 Å². The molecule has 5 heteroatoms. The summed E-state index contributed by atoms with van der Waals surface area (Å²) in [5.41, 5.74) is 7.81. The predicted octanol–water partition coefficient (Wildman–Crippen LogP) is 2.66. The standard InChI is InChI=1S/C15H22N4O/c1-15(2,3)8-11(16)6-14(20)18-12-5-4-10-9-17-19-13(10)7-12/h4-5,7,9,11H,6,8,16H2,1-3H3,(H,17,19)(H,18,20). The Morgan fingerprint density at radius 3 is 2.90 bits per heavy atom. The highest BCUT2D eigenvalue weighted by molar-refractivity contribution is 5.93. The van der Waals surface area contributed by atoms with E-state index in [0.717, 1.165) is 23.0 Å². The van der Waals surface area contributed by atoms with Crippen molar-refractivity contribution in [2.45, 2.75) is 39.7 Å². The smallest absolute Gasteiger partial charge is 0.225 e. The van der Waals surface area contributed by atoms with Gasteiger partial charge in [0.05, 0.1) is 11.7 Å². The van der Waals surface area contributed by atoms with Crippen LogP contribution in [0.5, 0.6) is 0 Å². The molecule has 1 amide bonds. The summed E-state index contributed by atoms with van der Waals surface area (Å²) in [5, 5.41) is 10.7. The van der Waals surface area contributed by atoms with Gasteiger partial charge in [-0.25, -0.2) is 0 Å². The number of hydrogen-bond donors (Lipinski definition) is 3. The van der Waals surface area contributed by atoms with Crippen LogP contribution < -0.4 is 11.1 Å². The quantitative estimate of drug-likeness (QED) is 0.801. The molecule has 0 spiro atoms. The molecule has 1 heterocycles. The molecule has 2 aromatic rings. The topological polar surface area (TPSA) is 83.8 Å². The molecule has 1 atom stereocenters. The lowest BCUT2D eigenvalue weighted by Crippen LogP contribution is -2.31. The van der Waals surface area contributed by atoms with E-state index in [9.17, 15) is 4.79 Å². The summed E-state index contributed by atoms with van der Waals surface area (Å²) in [6, 6.07) is 5.54. The maximum atomic E-state index is 12.0. The Bertz CT molecular complexity index is 597. The lowest BCUT2D eigenvalue weighted by atomic mass is 9.87. The van der Waals surface area contributed by atoms with Crippen LogP contribution in [0.25, 0.3) is 10.9 Å². The van der Waals surface area contributed by atoms with Gasteiger partial charge in [-0.15, -0.1) is 0 Å². The normalized spacial score (nSPS) is 13.4. The van der Waals surface area contributed by atoms with E-state index in [1.54, 1.807) is 6.20 Å². The fraction of sp³-hybridized carbons (Fsp3) is 0.467. The fourth-order valence-corrected chi connectivity index (χ4v) is 2.32. The van der Waals surface area contributed by atoms with Crippen molar-refractivity contribution >= 4 is 22.5 Å². The summed E-state index contributed by atoms with van der Waals surface area (Å²) in [4.78, 5) is 12.0. The highest BCUT2D eigenvalue weighted by atomic mass is 16.1. The van der Waals surface area contributed by atoms with Gasteiger partial charge in [0.2, 0.25) is 5.91 Å². The molecule has 0 radical (unpaired) electrons. The van der Waals surface area contributed by atoms with Crippen molar-refractivity contribution in [2.24, 2.45) is 11.1 Å². The first kappa shape index (κ1) is 14.5. The number of anilines is 1. The highest BCUT2D eigenvalue weighted by Crippen LogP contribution is 2.21.